The first-order valence-electron chi connectivity index (χ1n) is 7.19. The molecule has 0 unspecified atom stereocenters. The molecule has 0 amide bonds. The van der Waals surface area contributed by atoms with Crippen molar-refractivity contribution in [3.63, 3.8) is 0 Å². The monoisotopic (exact) mass is 240 g/mol. The zero-order chi connectivity index (χ0) is 11.9. The van der Waals surface area contributed by atoms with Gasteiger partial charge in [0.15, 0.2) is 0 Å². The van der Waals surface area contributed by atoms with Gasteiger partial charge in [-0.3, -0.25) is 4.89 Å². The van der Waals surface area contributed by atoms with Crippen LogP contribution in [0.15, 0.2) is 0 Å². The second-order valence-corrected chi connectivity index (χ2v) is 5.53. The summed E-state index contributed by atoms with van der Waals surface area (Å²) < 4.78 is 0. The number of hydrogen-bond acceptors (Lipinski definition) is 3. The van der Waals surface area contributed by atoms with E-state index in [0.717, 1.165) is 25.7 Å². The summed E-state index contributed by atoms with van der Waals surface area (Å²) in [5.74, 6) is 0.554. The van der Waals surface area contributed by atoms with E-state index in [0.29, 0.717) is 12.5 Å². The van der Waals surface area contributed by atoms with Gasteiger partial charge in [0.1, 0.15) is 0 Å². The molecule has 0 saturated heterocycles. The van der Waals surface area contributed by atoms with Crippen LogP contribution in [0.4, 0.5) is 0 Å². The quantitative estimate of drug-likeness (QED) is 0.556. The van der Waals surface area contributed by atoms with E-state index in [1.165, 1.54) is 38.5 Å². The normalized spacial score (nSPS) is 23.5. The van der Waals surface area contributed by atoms with Gasteiger partial charge in [-0.2, -0.15) is 4.89 Å². The van der Waals surface area contributed by atoms with Gasteiger partial charge < -0.3 is 0 Å². The molecule has 2 saturated carbocycles. The summed E-state index contributed by atoms with van der Waals surface area (Å²) in [5.41, 5.74) is 0. The molecule has 0 radical (unpaired) electrons. The van der Waals surface area contributed by atoms with Gasteiger partial charge in [0.2, 0.25) is 0 Å². The third-order valence-electron chi connectivity index (χ3n) is 4.11. The molecule has 0 bridgehead atoms. The molecule has 0 aromatic heterocycles. The van der Waals surface area contributed by atoms with Crippen molar-refractivity contribution in [1.82, 2.24) is 0 Å². The Morgan fingerprint density at radius 2 is 1.47 bits per heavy atom. The predicted molar refractivity (Wildman–Crippen MR) is 65.2 cm³/mol. The fourth-order valence-corrected chi connectivity index (χ4v) is 2.95. The zero-order valence-corrected chi connectivity index (χ0v) is 10.7. The van der Waals surface area contributed by atoms with Crippen LogP contribution in [0.25, 0.3) is 0 Å². The van der Waals surface area contributed by atoms with Gasteiger partial charge in [-0.05, 0) is 31.6 Å². The highest BCUT2D eigenvalue weighted by Crippen LogP contribution is 2.26. The first-order valence-corrected chi connectivity index (χ1v) is 7.19. The van der Waals surface area contributed by atoms with E-state index in [4.69, 9.17) is 9.78 Å². The average molecular weight is 240 g/mol. The lowest BCUT2D eigenvalue weighted by Crippen LogP contribution is -2.22. The van der Waals surface area contributed by atoms with Crippen LogP contribution in [0, 0.1) is 11.8 Å². The Hall–Kier alpha value is -0.570. The van der Waals surface area contributed by atoms with Crippen molar-refractivity contribution in [3.05, 3.63) is 0 Å². The van der Waals surface area contributed by atoms with Crippen LogP contribution in [-0.2, 0) is 14.6 Å². The lowest BCUT2D eigenvalue weighted by Gasteiger charge is -2.22. The standard InChI is InChI=1S/C14H24O3/c15-14(13-9-5-2-6-10-13)17-16-11-12-7-3-1-4-8-12/h12-13H,1-11H2. The number of rotatable bonds is 4. The van der Waals surface area contributed by atoms with Gasteiger partial charge >= 0.3 is 5.97 Å². The van der Waals surface area contributed by atoms with Crippen LogP contribution in [0.1, 0.15) is 64.2 Å². The maximum absolute atomic E-state index is 11.7. The van der Waals surface area contributed by atoms with Gasteiger partial charge in [0.05, 0.1) is 12.5 Å². The van der Waals surface area contributed by atoms with Crippen molar-refractivity contribution in [3.8, 4) is 0 Å². The molecule has 0 heterocycles. The van der Waals surface area contributed by atoms with Gasteiger partial charge in [-0.25, -0.2) is 4.79 Å². The maximum atomic E-state index is 11.7. The Balaban J connectivity index is 1.58. The Bertz CT molecular complexity index is 228. The van der Waals surface area contributed by atoms with E-state index in [1.54, 1.807) is 0 Å². The molecule has 98 valence electrons. The van der Waals surface area contributed by atoms with Crippen LogP contribution in [0.3, 0.4) is 0 Å². The Morgan fingerprint density at radius 1 is 0.882 bits per heavy atom. The molecule has 2 aliphatic carbocycles. The SMILES string of the molecule is O=C(OOCC1CCCCC1)C1CCCCC1. The van der Waals surface area contributed by atoms with E-state index in [9.17, 15) is 4.79 Å². The molecule has 0 aromatic carbocycles. The van der Waals surface area contributed by atoms with Gasteiger partial charge in [0.25, 0.3) is 0 Å². The largest absolute Gasteiger partial charge is 0.345 e. The Kier molecular flexibility index (Phi) is 5.30. The van der Waals surface area contributed by atoms with Crippen LogP contribution in [-0.4, -0.2) is 12.6 Å². The summed E-state index contributed by atoms with van der Waals surface area (Å²) in [6.45, 7) is 0.596. The fraction of sp³-hybridized carbons (Fsp3) is 0.929. The first-order chi connectivity index (χ1) is 8.36. The molecule has 0 aromatic rings. The minimum Gasteiger partial charge on any atom is -0.298 e. The van der Waals surface area contributed by atoms with Crippen molar-refractivity contribution in [2.45, 2.75) is 64.2 Å². The number of carbonyl (C=O) groups is 1. The van der Waals surface area contributed by atoms with Crippen molar-refractivity contribution in [1.29, 1.82) is 0 Å². The highest BCUT2D eigenvalue weighted by Gasteiger charge is 2.24. The Labute approximate surface area is 104 Å². The smallest absolute Gasteiger partial charge is 0.298 e. The van der Waals surface area contributed by atoms with Crippen molar-refractivity contribution >= 4 is 5.97 Å². The van der Waals surface area contributed by atoms with Crippen LogP contribution in [0.2, 0.25) is 0 Å². The predicted octanol–water partition coefficient (Wildman–Crippen LogP) is 3.62. The summed E-state index contributed by atoms with van der Waals surface area (Å²) >= 11 is 0. The fourth-order valence-electron chi connectivity index (χ4n) is 2.95. The van der Waals surface area contributed by atoms with Gasteiger partial charge in [-0.1, -0.05) is 38.5 Å². The van der Waals surface area contributed by atoms with Crippen molar-refractivity contribution < 1.29 is 14.6 Å². The highest BCUT2D eigenvalue weighted by molar-refractivity contribution is 5.71. The van der Waals surface area contributed by atoms with E-state index in [2.05, 4.69) is 0 Å². The molecule has 3 nitrogen and oxygen atoms in total. The zero-order valence-electron chi connectivity index (χ0n) is 10.7. The minimum absolute atomic E-state index is 0.0927. The summed E-state index contributed by atoms with van der Waals surface area (Å²) in [6, 6.07) is 0. The number of carbonyl (C=O) groups excluding carboxylic acids is 1. The third kappa shape index (κ3) is 4.30. The molecular formula is C14H24O3. The van der Waals surface area contributed by atoms with E-state index in [-0.39, 0.29) is 11.9 Å². The summed E-state index contributed by atoms with van der Waals surface area (Å²) in [7, 11) is 0. The summed E-state index contributed by atoms with van der Waals surface area (Å²) in [4.78, 5) is 21.8. The maximum Gasteiger partial charge on any atom is 0.345 e. The number of hydrogen-bond donors (Lipinski definition) is 0. The minimum atomic E-state index is -0.138. The van der Waals surface area contributed by atoms with E-state index in [1.807, 2.05) is 0 Å². The highest BCUT2D eigenvalue weighted by atomic mass is 17.2. The summed E-state index contributed by atoms with van der Waals surface area (Å²) in [6.07, 6.45) is 11.9. The molecule has 0 spiro atoms. The Morgan fingerprint density at radius 3 is 2.12 bits per heavy atom. The van der Waals surface area contributed by atoms with Crippen LogP contribution < -0.4 is 0 Å². The topological polar surface area (TPSA) is 35.5 Å². The van der Waals surface area contributed by atoms with E-state index >= 15 is 0 Å². The van der Waals surface area contributed by atoms with Crippen LogP contribution >= 0.6 is 0 Å². The molecule has 2 aliphatic rings. The third-order valence-corrected chi connectivity index (χ3v) is 4.11. The molecule has 0 aliphatic heterocycles. The molecular weight excluding hydrogens is 216 g/mol. The van der Waals surface area contributed by atoms with E-state index < -0.39 is 0 Å². The van der Waals surface area contributed by atoms with Crippen LogP contribution in [0.5, 0.6) is 0 Å². The molecule has 0 N–H and O–H groups in total. The lowest BCUT2D eigenvalue weighted by atomic mass is 9.89. The molecule has 0 atom stereocenters. The molecule has 3 heteroatoms. The van der Waals surface area contributed by atoms with Crippen molar-refractivity contribution in [2.75, 3.05) is 6.61 Å². The second-order valence-electron chi connectivity index (χ2n) is 5.53. The second kappa shape index (κ2) is 7.00. The van der Waals surface area contributed by atoms with Gasteiger partial charge in [-0.15, -0.1) is 0 Å². The first kappa shape index (κ1) is 12.9. The van der Waals surface area contributed by atoms with Gasteiger partial charge in [0, 0.05) is 0 Å². The molecule has 2 rings (SSSR count). The summed E-state index contributed by atoms with van der Waals surface area (Å²) in [5, 5.41) is 0. The lowest BCUT2D eigenvalue weighted by molar-refractivity contribution is -0.283. The van der Waals surface area contributed by atoms with Crippen molar-refractivity contribution in [2.24, 2.45) is 11.8 Å². The molecule has 2 fully saturated rings. The average Bonchev–Trinajstić information content (AvgIpc) is 2.41. The molecule has 17 heavy (non-hydrogen) atoms.